The van der Waals surface area contributed by atoms with E-state index in [1.54, 1.807) is 30.3 Å². The van der Waals surface area contributed by atoms with Gasteiger partial charge in [-0.25, -0.2) is 4.99 Å². The molecule has 3 aromatic carbocycles. The van der Waals surface area contributed by atoms with Crippen molar-refractivity contribution in [1.82, 2.24) is 5.32 Å². The maximum atomic E-state index is 13.7. The Hall–Kier alpha value is -3.98. The highest BCUT2D eigenvalue weighted by Gasteiger charge is 2.52. The molecule has 8 nitrogen and oxygen atoms in total. The molecule has 0 saturated carbocycles. The topological polar surface area (TPSA) is 121 Å². The molecule has 0 bridgehead atoms. The van der Waals surface area contributed by atoms with E-state index in [1.165, 1.54) is 0 Å². The number of aliphatic hydroxyl groups is 3. The molecule has 0 aromatic heterocycles. The first-order chi connectivity index (χ1) is 19.0. The van der Waals surface area contributed by atoms with Gasteiger partial charge in [-0.3, -0.25) is 4.79 Å². The predicted octanol–water partition coefficient (Wildman–Crippen LogP) is 3.42. The highest BCUT2D eigenvalue weighted by atomic mass is 16.5. The molecule has 204 valence electrons. The van der Waals surface area contributed by atoms with Crippen LogP contribution in [0.25, 0.3) is 11.1 Å². The summed E-state index contributed by atoms with van der Waals surface area (Å²) in [5, 5.41) is 30.9. The molecule has 3 aromatic rings. The molecule has 0 radical (unpaired) electrons. The number of ether oxygens (including phenoxy) is 2. The zero-order chi connectivity index (χ0) is 27.7. The monoisotopic (exact) mass is 530 g/mol. The lowest BCUT2D eigenvalue weighted by molar-refractivity contribution is -0.130. The van der Waals surface area contributed by atoms with Crippen molar-refractivity contribution in [3.05, 3.63) is 103 Å². The Morgan fingerprint density at radius 1 is 0.974 bits per heavy atom. The Balaban J connectivity index is 1.70. The Kier molecular flexibility index (Phi) is 9.49. The second-order valence-electron chi connectivity index (χ2n) is 9.31. The number of hydrogen-bond acceptors (Lipinski definition) is 7. The maximum Gasteiger partial charge on any atom is 0.253 e. The summed E-state index contributed by atoms with van der Waals surface area (Å²) in [7, 11) is 0. The minimum atomic E-state index is -1.41. The second kappa shape index (κ2) is 13.2. The van der Waals surface area contributed by atoms with Crippen molar-refractivity contribution in [3.63, 3.8) is 0 Å². The lowest BCUT2D eigenvalue weighted by Gasteiger charge is -2.31. The Labute approximate surface area is 228 Å². The number of hydrogen-bond donors (Lipinski definition) is 4. The number of aliphatic imine (C=N–C) groups is 1. The first-order valence-electron chi connectivity index (χ1n) is 12.9. The average molecular weight is 531 g/mol. The number of carbonyl (C=O) groups is 1. The molecule has 1 heterocycles. The van der Waals surface area contributed by atoms with Gasteiger partial charge < -0.3 is 30.1 Å². The van der Waals surface area contributed by atoms with E-state index in [9.17, 15) is 15.0 Å². The molecule has 2 atom stereocenters. The van der Waals surface area contributed by atoms with E-state index in [0.29, 0.717) is 24.3 Å². The van der Waals surface area contributed by atoms with E-state index in [-0.39, 0.29) is 18.9 Å². The molecular formula is C31H34N2O6. The van der Waals surface area contributed by atoms with Gasteiger partial charge in [0.15, 0.2) is 11.6 Å². The first kappa shape index (κ1) is 28.0. The van der Waals surface area contributed by atoms with Crippen molar-refractivity contribution in [1.29, 1.82) is 0 Å². The molecule has 0 aliphatic carbocycles. The van der Waals surface area contributed by atoms with E-state index in [4.69, 9.17) is 19.6 Å². The fourth-order valence-electron chi connectivity index (χ4n) is 4.48. The molecule has 0 spiro atoms. The summed E-state index contributed by atoms with van der Waals surface area (Å²) in [6.45, 7) is 3.47. The minimum absolute atomic E-state index is 0.0529. The average Bonchev–Trinajstić information content (AvgIpc) is 3.37. The van der Waals surface area contributed by atoms with Crippen molar-refractivity contribution in [2.75, 3.05) is 26.4 Å². The first-order valence-corrected chi connectivity index (χ1v) is 12.9. The standard InChI is InChI=1S/C31H34N2O6/c1-2-17-31(30(37)32-26(20-35)21-36)28(24-11-9-23(10-12-24)22-7-4-3-5-8-22)39-29(33-31)25-13-15-27(16-14-25)38-19-6-18-34/h2-5,7-16,26,28,34-36H,1,6,17-21H2,(H,32,37)/t28-,31-/m1/s1. The third kappa shape index (κ3) is 6.37. The van der Waals surface area contributed by atoms with E-state index >= 15 is 0 Å². The largest absolute Gasteiger partial charge is 0.494 e. The summed E-state index contributed by atoms with van der Waals surface area (Å²) in [6, 6.07) is 24.1. The van der Waals surface area contributed by atoms with Crippen molar-refractivity contribution in [3.8, 4) is 16.9 Å². The molecule has 1 amide bonds. The van der Waals surface area contributed by atoms with E-state index in [0.717, 1.165) is 16.7 Å². The molecular weight excluding hydrogens is 496 g/mol. The van der Waals surface area contributed by atoms with E-state index < -0.39 is 36.8 Å². The summed E-state index contributed by atoms with van der Waals surface area (Å²) in [6.07, 6.45) is 1.53. The lowest BCUT2D eigenvalue weighted by atomic mass is 9.84. The van der Waals surface area contributed by atoms with Gasteiger partial charge >= 0.3 is 0 Å². The fourth-order valence-corrected chi connectivity index (χ4v) is 4.48. The predicted molar refractivity (Wildman–Crippen MR) is 150 cm³/mol. The molecule has 0 unspecified atom stereocenters. The lowest BCUT2D eigenvalue weighted by Crippen LogP contribution is -2.53. The van der Waals surface area contributed by atoms with Gasteiger partial charge in [-0.15, -0.1) is 6.58 Å². The van der Waals surface area contributed by atoms with Gasteiger partial charge in [0.25, 0.3) is 5.91 Å². The van der Waals surface area contributed by atoms with Crippen LogP contribution in [0.4, 0.5) is 0 Å². The number of benzene rings is 3. The van der Waals surface area contributed by atoms with E-state index in [1.807, 2.05) is 54.6 Å². The van der Waals surface area contributed by atoms with Gasteiger partial charge in [0.1, 0.15) is 5.75 Å². The van der Waals surface area contributed by atoms with Crippen LogP contribution >= 0.6 is 0 Å². The molecule has 39 heavy (non-hydrogen) atoms. The third-order valence-corrected chi connectivity index (χ3v) is 6.58. The highest BCUT2D eigenvalue weighted by molar-refractivity contribution is 6.01. The summed E-state index contributed by atoms with van der Waals surface area (Å²) in [5.74, 6) is 0.449. The van der Waals surface area contributed by atoms with E-state index in [2.05, 4.69) is 11.9 Å². The molecule has 4 N–H and O–H groups in total. The number of carbonyl (C=O) groups excluding carboxylic acids is 1. The smallest absolute Gasteiger partial charge is 0.253 e. The van der Waals surface area contributed by atoms with Gasteiger partial charge in [0, 0.05) is 25.0 Å². The molecule has 4 rings (SSSR count). The van der Waals surface area contributed by atoms with Crippen molar-refractivity contribution in [2.24, 2.45) is 4.99 Å². The number of amides is 1. The highest BCUT2D eigenvalue weighted by Crippen LogP contribution is 2.43. The Morgan fingerprint density at radius 2 is 1.62 bits per heavy atom. The van der Waals surface area contributed by atoms with Gasteiger partial charge in [-0.2, -0.15) is 0 Å². The third-order valence-electron chi connectivity index (χ3n) is 6.58. The van der Waals surface area contributed by atoms with Crippen LogP contribution in [0.2, 0.25) is 0 Å². The van der Waals surface area contributed by atoms with Crippen LogP contribution in [0.3, 0.4) is 0 Å². The number of aliphatic hydroxyl groups excluding tert-OH is 3. The number of rotatable bonds is 13. The van der Waals surface area contributed by atoms with Gasteiger partial charge in [-0.1, -0.05) is 60.7 Å². The summed E-state index contributed by atoms with van der Waals surface area (Å²) in [4.78, 5) is 18.5. The summed E-state index contributed by atoms with van der Waals surface area (Å²) < 4.78 is 12.0. The summed E-state index contributed by atoms with van der Waals surface area (Å²) >= 11 is 0. The Bertz CT molecular complexity index is 1260. The normalized spacial score (nSPS) is 18.4. The number of nitrogens with zero attached hydrogens (tertiary/aromatic N) is 1. The van der Waals surface area contributed by atoms with Gasteiger partial charge in [-0.05, 0) is 41.0 Å². The van der Waals surface area contributed by atoms with Crippen LogP contribution in [0.5, 0.6) is 5.75 Å². The van der Waals surface area contributed by atoms with Crippen molar-refractivity contribution >= 4 is 11.8 Å². The van der Waals surface area contributed by atoms with Crippen molar-refractivity contribution < 1.29 is 29.6 Å². The second-order valence-corrected chi connectivity index (χ2v) is 9.31. The van der Waals surface area contributed by atoms with Crippen LogP contribution < -0.4 is 10.1 Å². The molecule has 1 aliphatic heterocycles. The van der Waals surface area contributed by atoms with Crippen LogP contribution in [0, 0.1) is 0 Å². The van der Waals surface area contributed by atoms with Crippen LogP contribution in [-0.4, -0.2) is 65.1 Å². The van der Waals surface area contributed by atoms with Gasteiger partial charge in [0.2, 0.25) is 5.90 Å². The molecule has 8 heteroatoms. The van der Waals surface area contributed by atoms with Crippen LogP contribution in [-0.2, 0) is 9.53 Å². The molecule has 0 saturated heterocycles. The van der Waals surface area contributed by atoms with Crippen LogP contribution in [0.1, 0.15) is 30.1 Å². The maximum absolute atomic E-state index is 13.7. The zero-order valence-corrected chi connectivity index (χ0v) is 21.7. The van der Waals surface area contributed by atoms with Crippen molar-refractivity contribution in [2.45, 2.75) is 30.5 Å². The fraction of sp³-hybridized carbons (Fsp3) is 0.290. The van der Waals surface area contributed by atoms with Gasteiger partial charge in [0.05, 0.1) is 25.9 Å². The minimum Gasteiger partial charge on any atom is -0.494 e. The summed E-state index contributed by atoms with van der Waals surface area (Å²) in [5.41, 5.74) is 2.09. The van der Waals surface area contributed by atoms with Crippen LogP contribution in [0.15, 0.2) is 96.5 Å². The number of nitrogens with one attached hydrogen (secondary N) is 1. The molecule has 1 aliphatic rings. The SMILES string of the molecule is C=CC[C@@]1(C(=O)NC(CO)CO)N=C(c2ccc(OCCCO)cc2)O[C@@H]1c1ccc(-c2ccccc2)cc1. The molecule has 0 fully saturated rings. The quantitative estimate of drug-likeness (QED) is 0.199. The Morgan fingerprint density at radius 3 is 2.23 bits per heavy atom. The zero-order valence-electron chi connectivity index (χ0n) is 21.7.